The van der Waals surface area contributed by atoms with Gasteiger partial charge in [-0.25, -0.2) is 4.39 Å². The molecule has 1 aliphatic rings. The third-order valence-corrected chi connectivity index (χ3v) is 4.51. The number of aliphatic hydroxyl groups is 1. The van der Waals surface area contributed by atoms with Gasteiger partial charge in [0.25, 0.3) is 0 Å². The summed E-state index contributed by atoms with van der Waals surface area (Å²) in [5, 5.41) is 16.4. The van der Waals surface area contributed by atoms with Crippen molar-refractivity contribution in [1.29, 1.82) is 0 Å². The van der Waals surface area contributed by atoms with Gasteiger partial charge in [-0.15, -0.1) is 0 Å². The van der Waals surface area contributed by atoms with Crippen LogP contribution in [0, 0.1) is 5.82 Å². The van der Waals surface area contributed by atoms with Gasteiger partial charge in [-0.3, -0.25) is 4.68 Å². The number of hydrogen-bond donors (Lipinski definition) is 2. The molecule has 3 rings (SSSR count). The predicted molar refractivity (Wildman–Crippen MR) is 93.8 cm³/mol. The summed E-state index contributed by atoms with van der Waals surface area (Å²) in [7, 11) is 0. The lowest BCUT2D eigenvalue weighted by Crippen LogP contribution is -2.30. The van der Waals surface area contributed by atoms with E-state index in [9.17, 15) is 4.39 Å². The van der Waals surface area contributed by atoms with Gasteiger partial charge in [-0.2, -0.15) is 5.10 Å². The van der Waals surface area contributed by atoms with Gasteiger partial charge in [-0.1, -0.05) is 6.07 Å². The molecule has 0 radical (unpaired) electrons. The molecule has 2 heterocycles. The number of aliphatic hydroxyl groups excluding tert-OH is 1. The molecule has 1 atom stereocenters. The standard InChI is InChI=1S/C18H25FN4O/c1-14(21-16-12-20-23(13-16)9-10-24)15-5-6-18(17(19)11-15)22-7-3-2-4-8-22/h5-6,11-14,21,24H,2-4,7-10H2,1H3. The van der Waals surface area contributed by atoms with Crippen LogP contribution in [0.15, 0.2) is 30.6 Å². The Bertz CT molecular complexity index is 667. The normalized spacial score (nSPS) is 16.2. The lowest BCUT2D eigenvalue weighted by molar-refractivity contribution is 0.269. The molecule has 5 nitrogen and oxygen atoms in total. The van der Waals surface area contributed by atoms with E-state index in [1.54, 1.807) is 16.9 Å². The number of nitrogens with one attached hydrogen (secondary N) is 1. The fourth-order valence-corrected chi connectivity index (χ4v) is 3.18. The van der Waals surface area contributed by atoms with E-state index in [1.807, 2.05) is 25.3 Å². The average molecular weight is 332 g/mol. The smallest absolute Gasteiger partial charge is 0.146 e. The summed E-state index contributed by atoms with van der Waals surface area (Å²) in [5.41, 5.74) is 2.47. The molecule has 0 amide bonds. The molecule has 1 aromatic heterocycles. The Hall–Kier alpha value is -2.08. The lowest BCUT2D eigenvalue weighted by Gasteiger charge is -2.29. The Labute approximate surface area is 142 Å². The van der Waals surface area contributed by atoms with Gasteiger partial charge < -0.3 is 15.3 Å². The van der Waals surface area contributed by atoms with Gasteiger partial charge >= 0.3 is 0 Å². The molecule has 130 valence electrons. The van der Waals surface area contributed by atoms with Crippen LogP contribution in [0.4, 0.5) is 15.8 Å². The highest BCUT2D eigenvalue weighted by molar-refractivity contribution is 5.51. The largest absolute Gasteiger partial charge is 0.394 e. The molecule has 0 spiro atoms. The monoisotopic (exact) mass is 332 g/mol. The van der Waals surface area contributed by atoms with E-state index in [2.05, 4.69) is 15.3 Å². The molecule has 24 heavy (non-hydrogen) atoms. The van der Waals surface area contributed by atoms with Crippen LogP contribution in [-0.2, 0) is 6.54 Å². The highest BCUT2D eigenvalue weighted by Gasteiger charge is 2.16. The first kappa shape index (κ1) is 16.8. The van der Waals surface area contributed by atoms with Crippen molar-refractivity contribution in [3.05, 3.63) is 42.0 Å². The number of piperidine rings is 1. The summed E-state index contributed by atoms with van der Waals surface area (Å²) in [5.74, 6) is -0.154. The van der Waals surface area contributed by atoms with Crippen molar-refractivity contribution in [2.45, 2.75) is 38.8 Å². The van der Waals surface area contributed by atoms with Crippen LogP contribution in [0.25, 0.3) is 0 Å². The second-order valence-electron chi connectivity index (χ2n) is 6.34. The van der Waals surface area contributed by atoms with E-state index in [4.69, 9.17) is 5.11 Å². The van der Waals surface area contributed by atoms with Gasteiger partial charge in [0.1, 0.15) is 5.82 Å². The fourth-order valence-electron chi connectivity index (χ4n) is 3.18. The zero-order valence-corrected chi connectivity index (χ0v) is 14.1. The van der Waals surface area contributed by atoms with E-state index in [0.29, 0.717) is 12.2 Å². The number of nitrogens with zero attached hydrogens (tertiary/aromatic N) is 3. The van der Waals surface area contributed by atoms with Crippen molar-refractivity contribution >= 4 is 11.4 Å². The molecule has 2 aromatic rings. The third-order valence-electron chi connectivity index (χ3n) is 4.51. The van der Waals surface area contributed by atoms with Crippen molar-refractivity contribution in [2.75, 3.05) is 29.9 Å². The molecule has 1 aliphatic heterocycles. The zero-order valence-electron chi connectivity index (χ0n) is 14.1. The Morgan fingerprint density at radius 1 is 1.29 bits per heavy atom. The first-order valence-electron chi connectivity index (χ1n) is 8.61. The average Bonchev–Trinajstić information content (AvgIpc) is 3.03. The number of rotatable bonds is 6. The topological polar surface area (TPSA) is 53.3 Å². The molecule has 0 saturated carbocycles. The maximum Gasteiger partial charge on any atom is 0.146 e. The van der Waals surface area contributed by atoms with Crippen LogP contribution < -0.4 is 10.2 Å². The maximum absolute atomic E-state index is 14.5. The Morgan fingerprint density at radius 2 is 2.08 bits per heavy atom. The molecule has 1 fully saturated rings. The number of halogens is 1. The van der Waals surface area contributed by atoms with Crippen LogP contribution in [0.3, 0.4) is 0 Å². The van der Waals surface area contributed by atoms with Gasteiger partial charge in [0.05, 0.1) is 30.7 Å². The molecule has 1 aromatic carbocycles. The van der Waals surface area contributed by atoms with Crippen LogP contribution in [-0.4, -0.2) is 34.6 Å². The van der Waals surface area contributed by atoms with Crippen molar-refractivity contribution in [1.82, 2.24) is 9.78 Å². The molecule has 1 saturated heterocycles. The van der Waals surface area contributed by atoms with Crippen LogP contribution >= 0.6 is 0 Å². The Kier molecular flexibility index (Phi) is 5.35. The first-order chi connectivity index (χ1) is 11.7. The minimum atomic E-state index is -0.154. The van der Waals surface area contributed by atoms with E-state index >= 15 is 0 Å². The maximum atomic E-state index is 14.5. The molecule has 2 N–H and O–H groups in total. The molecule has 1 unspecified atom stereocenters. The minimum absolute atomic E-state index is 0.0262. The second-order valence-corrected chi connectivity index (χ2v) is 6.34. The van der Waals surface area contributed by atoms with Gasteiger partial charge in [0.15, 0.2) is 0 Å². The van der Waals surface area contributed by atoms with Gasteiger partial charge in [-0.05, 0) is 43.9 Å². The molecular formula is C18H25FN4O. The van der Waals surface area contributed by atoms with E-state index < -0.39 is 0 Å². The van der Waals surface area contributed by atoms with E-state index in [1.165, 1.54) is 6.42 Å². The molecular weight excluding hydrogens is 307 g/mol. The summed E-state index contributed by atoms with van der Waals surface area (Å²) < 4.78 is 16.2. The number of benzene rings is 1. The van der Waals surface area contributed by atoms with Crippen molar-refractivity contribution < 1.29 is 9.50 Å². The van der Waals surface area contributed by atoms with Crippen molar-refractivity contribution in [2.24, 2.45) is 0 Å². The van der Waals surface area contributed by atoms with Crippen LogP contribution in [0.5, 0.6) is 0 Å². The summed E-state index contributed by atoms with van der Waals surface area (Å²) in [4.78, 5) is 2.14. The van der Waals surface area contributed by atoms with Crippen LogP contribution in [0.1, 0.15) is 37.8 Å². The summed E-state index contributed by atoms with van der Waals surface area (Å²) >= 11 is 0. The summed E-state index contributed by atoms with van der Waals surface area (Å²) in [6.45, 7) is 4.40. The van der Waals surface area contributed by atoms with Crippen molar-refractivity contribution in [3.63, 3.8) is 0 Å². The number of aromatic nitrogens is 2. The predicted octanol–water partition coefficient (Wildman–Crippen LogP) is 3.18. The minimum Gasteiger partial charge on any atom is -0.394 e. The number of anilines is 2. The highest BCUT2D eigenvalue weighted by atomic mass is 19.1. The number of hydrogen-bond acceptors (Lipinski definition) is 4. The SMILES string of the molecule is CC(Nc1cnn(CCO)c1)c1ccc(N2CCCCC2)c(F)c1. The second kappa shape index (κ2) is 7.66. The van der Waals surface area contributed by atoms with E-state index in [-0.39, 0.29) is 18.5 Å². The Morgan fingerprint density at radius 3 is 2.79 bits per heavy atom. The van der Waals surface area contributed by atoms with Crippen molar-refractivity contribution in [3.8, 4) is 0 Å². The molecule has 0 aliphatic carbocycles. The molecule has 6 heteroatoms. The lowest BCUT2D eigenvalue weighted by atomic mass is 10.1. The van der Waals surface area contributed by atoms with E-state index in [0.717, 1.165) is 37.2 Å². The summed E-state index contributed by atoms with van der Waals surface area (Å²) in [6.07, 6.45) is 7.06. The zero-order chi connectivity index (χ0) is 16.9. The Balaban J connectivity index is 1.68. The van der Waals surface area contributed by atoms with Gasteiger partial charge in [0.2, 0.25) is 0 Å². The fraction of sp³-hybridized carbons (Fsp3) is 0.500. The van der Waals surface area contributed by atoms with Crippen LogP contribution in [0.2, 0.25) is 0 Å². The van der Waals surface area contributed by atoms with Gasteiger partial charge in [0, 0.05) is 25.3 Å². The summed E-state index contributed by atoms with van der Waals surface area (Å²) in [6, 6.07) is 5.48. The highest BCUT2D eigenvalue weighted by Crippen LogP contribution is 2.27. The molecule has 0 bridgehead atoms. The quantitative estimate of drug-likeness (QED) is 0.853. The third kappa shape index (κ3) is 3.87. The first-order valence-corrected chi connectivity index (χ1v) is 8.61.